The number of nitrogens with zero attached hydrogens (tertiary/aromatic N) is 4. The molecule has 3 N–H and O–H groups in total. The van der Waals surface area contributed by atoms with Gasteiger partial charge in [-0.3, -0.25) is 14.9 Å². The second-order valence-corrected chi connectivity index (χ2v) is 10.3. The third kappa shape index (κ3) is 6.02. The first-order chi connectivity index (χ1) is 19.6. The lowest BCUT2D eigenvalue weighted by molar-refractivity contribution is -0.245. The van der Waals surface area contributed by atoms with Gasteiger partial charge in [0.15, 0.2) is 11.4 Å². The van der Waals surface area contributed by atoms with Gasteiger partial charge < -0.3 is 19.9 Å². The van der Waals surface area contributed by atoms with E-state index in [9.17, 15) is 9.90 Å². The number of nitrogens with one attached hydrogen (secondary N) is 2. The summed E-state index contributed by atoms with van der Waals surface area (Å²) in [4.78, 5) is 25.7. The van der Waals surface area contributed by atoms with E-state index in [0.717, 1.165) is 27.4 Å². The number of rotatable bonds is 8. The van der Waals surface area contributed by atoms with Crippen LogP contribution in [-0.4, -0.2) is 48.0 Å². The molecule has 3 aromatic carbocycles. The topological polar surface area (TPSA) is 135 Å². The Morgan fingerprint density at radius 1 is 0.975 bits per heavy atom. The first-order valence-corrected chi connectivity index (χ1v) is 13.7. The van der Waals surface area contributed by atoms with Crippen LogP contribution >= 0.6 is 11.8 Å². The zero-order chi connectivity index (χ0) is 27.3. The van der Waals surface area contributed by atoms with Crippen molar-refractivity contribution in [2.45, 2.75) is 36.7 Å². The number of ether oxygens (including phenoxy) is 2. The maximum absolute atomic E-state index is 12.8. The fourth-order valence-electron chi connectivity index (χ4n) is 4.44. The summed E-state index contributed by atoms with van der Waals surface area (Å²) >= 11 is 1.54. The van der Waals surface area contributed by atoms with Crippen LogP contribution in [0.15, 0.2) is 90.5 Å². The Morgan fingerprint density at radius 3 is 2.50 bits per heavy atom. The zero-order valence-corrected chi connectivity index (χ0v) is 22.1. The molecule has 3 heterocycles. The van der Waals surface area contributed by atoms with Crippen molar-refractivity contribution in [2.75, 3.05) is 11.1 Å². The van der Waals surface area contributed by atoms with Crippen molar-refractivity contribution in [3.63, 3.8) is 0 Å². The number of anilines is 1. The van der Waals surface area contributed by atoms with Crippen LogP contribution in [-0.2, 0) is 16.1 Å². The van der Waals surface area contributed by atoms with E-state index in [4.69, 9.17) is 9.47 Å². The number of carbonyl (C=O) groups excluding carboxylic acids is 1. The van der Waals surface area contributed by atoms with Gasteiger partial charge in [-0.15, -0.1) is 0 Å². The number of aromatic nitrogens is 5. The molecule has 6 rings (SSSR count). The Hall–Kier alpha value is -4.16. The average molecular weight is 555 g/mol. The van der Waals surface area contributed by atoms with Gasteiger partial charge in [0.2, 0.25) is 0 Å². The summed E-state index contributed by atoms with van der Waals surface area (Å²) in [6.45, 7) is -0.00961. The molecule has 3 atom stereocenters. The summed E-state index contributed by atoms with van der Waals surface area (Å²) in [5, 5.41) is 19.8. The number of para-hydroxylation sites is 2. The largest absolute Gasteiger partial charge is 0.392 e. The Bertz CT molecular complexity index is 1580. The van der Waals surface area contributed by atoms with Crippen LogP contribution in [0.1, 0.15) is 46.0 Å². The number of fused-ring (bicyclic) bond motifs is 1. The molecule has 1 amide bonds. The highest BCUT2D eigenvalue weighted by atomic mass is 32.2. The monoisotopic (exact) mass is 554 g/mol. The Labute approximate surface area is 234 Å². The Kier molecular flexibility index (Phi) is 7.78. The molecule has 1 fully saturated rings. The molecule has 0 radical (unpaired) electrons. The zero-order valence-electron chi connectivity index (χ0n) is 21.3. The lowest BCUT2D eigenvalue weighted by Gasteiger charge is -2.36. The third-order valence-electron chi connectivity index (χ3n) is 6.54. The van der Waals surface area contributed by atoms with Crippen LogP contribution in [0.4, 0.5) is 5.69 Å². The molecule has 40 heavy (non-hydrogen) atoms. The number of aromatic amines is 1. The fraction of sp³-hybridized carbons (Fsp3) is 0.207. The van der Waals surface area contributed by atoms with Crippen molar-refractivity contribution in [2.24, 2.45) is 0 Å². The van der Waals surface area contributed by atoms with E-state index in [1.165, 1.54) is 12.5 Å². The molecule has 202 valence electrons. The van der Waals surface area contributed by atoms with Gasteiger partial charge in [-0.05, 0) is 35.4 Å². The number of carbonyl (C=O) groups is 1. The quantitative estimate of drug-likeness (QED) is 0.231. The van der Waals surface area contributed by atoms with Crippen molar-refractivity contribution in [1.82, 2.24) is 25.1 Å². The van der Waals surface area contributed by atoms with Gasteiger partial charge >= 0.3 is 0 Å². The summed E-state index contributed by atoms with van der Waals surface area (Å²) in [7, 11) is 0. The van der Waals surface area contributed by atoms with Crippen LogP contribution in [0.5, 0.6) is 0 Å². The molecule has 10 nitrogen and oxygen atoms in total. The van der Waals surface area contributed by atoms with Gasteiger partial charge in [0.1, 0.15) is 12.0 Å². The summed E-state index contributed by atoms with van der Waals surface area (Å²) in [5.41, 5.74) is 4.94. The van der Waals surface area contributed by atoms with E-state index >= 15 is 0 Å². The van der Waals surface area contributed by atoms with E-state index in [-0.39, 0.29) is 30.4 Å². The number of amides is 1. The molecular weight excluding hydrogens is 528 g/mol. The molecule has 2 aromatic heterocycles. The van der Waals surface area contributed by atoms with E-state index < -0.39 is 6.29 Å². The predicted octanol–water partition coefficient (Wildman–Crippen LogP) is 4.83. The highest BCUT2D eigenvalue weighted by Crippen LogP contribution is 2.39. The van der Waals surface area contributed by atoms with Gasteiger partial charge in [0.05, 0.1) is 36.0 Å². The smallest absolute Gasteiger partial charge is 0.275 e. The molecule has 1 aliphatic heterocycles. The second-order valence-electron chi connectivity index (χ2n) is 9.27. The standard InChI is InChI=1S/C29H26N6O4S/c36-15-18-5-7-19(8-6-18)26-13-22(16-40-29-31-17-32-35-29)38-28(39-26)20-9-11-21(12-10-20)33-27(37)25-14-30-23-3-1-2-4-24(23)34-25/h1-12,14,17,22,26,28,36H,13,15-16H2,(H,33,37)(H,31,32,35)/t22-,26+,28+/m1/s1. The minimum atomic E-state index is -0.604. The first kappa shape index (κ1) is 26.1. The van der Waals surface area contributed by atoms with Gasteiger partial charge in [0, 0.05) is 23.4 Å². The van der Waals surface area contributed by atoms with E-state index in [2.05, 4.69) is 30.5 Å². The summed E-state index contributed by atoms with van der Waals surface area (Å²) in [6.07, 6.45) is 2.71. The van der Waals surface area contributed by atoms with Crippen LogP contribution in [0.2, 0.25) is 0 Å². The predicted molar refractivity (Wildman–Crippen MR) is 149 cm³/mol. The number of H-pyrrole nitrogens is 1. The highest BCUT2D eigenvalue weighted by Gasteiger charge is 2.32. The molecule has 0 spiro atoms. The highest BCUT2D eigenvalue weighted by molar-refractivity contribution is 7.99. The van der Waals surface area contributed by atoms with Crippen LogP contribution in [0.25, 0.3) is 11.0 Å². The Balaban J connectivity index is 1.16. The van der Waals surface area contributed by atoms with Crippen molar-refractivity contribution < 1.29 is 19.4 Å². The fourth-order valence-corrected chi connectivity index (χ4v) is 5.24. The number of hydrogen-bond acceptors (Lipinski definition) is 9. The molecular formula is C29H26N6O4S. The second kappa shape index (κ2) is 11.9. The first-order valence-electron chi connectivity index (χ1n) is 12.8. The molecule has 11 heteroatoms. The number of hydrogen-bond donors (Lipinski definition) is 3. The minimum absolute atomic E-state index is 0.00961. The van der Waals surface area contributed by atoms with Crippen molar-refractivity contribution in [3.8, 4) is 0 Å². The lowest BCUT2D eigenvalue weighted by atomic mass is 10.0. The molecule has 0 unspecified atom stereocenters. The van der Waals surface area contributed by atoms with Gasteiger partial charge in [-0.1, -0.05) is 60.3 Å². The van der Waals surface area contributed by atoms with E-state index in [0.29, 0.717) is 23.4 Å². The van der Waals surface area contributed by atoms with Crippen LogP contribution in [0.3, 0.4) is 0 Å². The van der Waals surface area contributed by atoms with Gasteiger partial charge in [0.25, 0.3) is 5.91 Å². The molecule has 5 aromatic rings. The van der Waals surface area contributed by atoms with Crippen molar-refractivity contribution in [1.29, 1.82) is 0 Å². The molecule has 0 saturated carbocycles. The van der Waals surface area contributed by atoms with E-state index in [1.807, 2.05) is 72.8 Å². The number of aliphatic hydroxyl groups is 1. The average Bonchev–Trinajstić information content (AvgIpc) is 3.54. The molecule has 1 saturated heterocycles. The lowest BCUT2D eigenvalue weighted by Crippen LogP contribution is -2.31. The molecule has 0 aliphatic carbocycles. The number of aliphatic hydroxyl groups excluding tert-OH is 1. The maximum atomic E-state index is 12.8. The van der Waals surface area contributed by atoms with Crippen LogP contribution in [0, 0.1) is 0 Å². The summed E-state index contributed by atoms with van der Waals surface area (Å²) in [5.74, 6) is 0.327. The minimum Gasteiger partial charge on any atom is -0.392 e. The maximum Gasteiger partial charge on any atom is 0.275 e. The third-order valence-corrected chi connectivity index (χ3v) is 7.54. The van der Waals surface area contributed by atoms with Crippen molar-refractivity contribution in [3.05, 3.63) is 108 Å². The Morgan fingerprint density at radius 2 is 1.75 bits per heavy atom. The van der Waals surface area contributed by atoms with Crippen molar-refractivity contribution >= 4 is 34.4 Å². The van der Waals surface area contributed by atoms with Gasteiger partial charge in [-0.25, -0.2) is 9.97 Å². The molecule has 1 aliphatic rings. The summed E-state index contributed by atoms with van der Waals surface area (Å²) < 4.78 is 12.7. The van der Waals surface area contributed by atoms with E-state index in [1.54, 1.807) is 11.8 Å². The van der Waals surface area contributed by atoms with Gasteiger partial charge in [-0.2, -0.15) is 5.10 Å². The SMILES string of the molecule is O=C(Nc1ccc([C@H]2O[C@@H](CSc3ncn[nH]3)C[C@@H](c3ccc(CO)cc3)O2)cc1)c1cnc2ccccc2n1. The van der Waals surface area contributed by atoms with Crippen LogP contribution < -0.4 is 5.32 Å². The number of thioether (sulfide) groups is 1. The summed E-state index contributed by atoms with van der Waals surface area (Å²) in [6, 6.07) is 22.6. The molecule has 0 bridgehead atoms. The number of benzene rings is 3. The normalized spacial score (nSPS) is 19.0.